The Hall–Kier alpha value is -1.05. The van der Waals surface area contributed by atoms with Crippen molar-refractivity contribution < 1.29 is 9.90 Å². The van der Waals surface area contributed by atoms with Crippen molar-refractivity contribution >= 4 is 68.4 Å². The molecule has 0 spiro atoms. The fourth-order valence-corrected chi connectivity index (χ4v) is 2.23. The first kappa shape index (κ1) is 16.3. The number of fused-ring (bicyclic) bond motifs is 1. The van der Waals surface area contributed by atoms with Gasteiger partial charge in [0, 0.05) is 12.7 Å². The van der Waals surface area contributed by atoms with Gasteiger partial charge in [0.2, 0.25) is 0 Å². The molecule has 0 amide bonds. The average Bonchev–Trinajstić information content (AvgIpc) is 2.76. The zero-order chi connectivity index (χ0) is 14.1. The summed E-state index contributed by atoms with van der Waals surface area (Å²) in [4.78, 5) is 19.4. The van der Waals surface area contributed by atoms with Gasteiger partial charge in [0.05, 0.1) is 22.8 Å². The summed E-state index contributed by atoms with van der Waals surface area (Å²) in [6, 6.07) is 8.76. The van der Waals surface area contributed by atoms with Crippen LogP contribution in [0.1, 0.15) is 21.7 Å². The van der Waals surface area contributed by atoms with E-state index in [9.17, 15) is 4.79 Å². The molecule has 3 rings (SSSR count). The number of aromatic nitrogens is 3. The van der Waals surface area contributed by atoms with E-state index < -0.39 is 5.97 Å². The van der Waals surface area contributed by atoms with E-state index in [2.05, 4.69) is 14.5 Å². The van der Waals surface area contributed by atoms with Crippen LogP contribution in [0.25, 0.3) is 11.0 Å². The predicted molar refractivity (Wildman–Crippen MR) is 81.9 cm³/mol. The zero-order valence-electron chi connectivity index (χ0n) is 10.9. The minimum atomic E-state index is -0.912. The predicted octanol–water partition coefficient (Wildman–Crippen LogP) is 1.84. The molecule has 0 aliphatic heterocycles. The van der Waals surface area contributed by atoms with E-state index in [1.807, 2.05) is 25.1 Å². The van der Waals surface area contributed by atoms with Crippen molar-refractivity contribution in [1.82, 2.24) is 14.5 Å². The summed E-state index contributed by atoms with van der Waals surface area (Å²) in [5.74, 6) is 0.000298. The summed E-state index contributed by atoms with van der Waals surface area (Å²) in [7, 11) is 0. The summed E-state index contributed by atoms with van der Waals surface area (Å²) in [6.07, 6.45) is 3.52. The fourth-order valence-electron chi connectivity index (χ4n) is 2.23. The molecule has 1 N–H and O–H groups in total. The maximum absolute atomic E-state index is 10.8. The van der Waals surface area contributed by atoms with Crippen LogP contribution >= 0.6 is 0 Å². The Morgan fingerprint density at radius 2 is 1.95 bits per heavy atom. The number of aryl methyl sites for hydroxylation is 1. The molecule has 0 aliphatic rings. The Morgan fingerprint density at radius 1 is 1.24 bits per heavy atom. The van der Waals surface area contributed by atoms with Gasteiger partial charge in [-0.2, -0.15) is 0 Å². The number of nitrogens with zero attached hydrogens (tertiary/aromatic N) is 3. The van der Waals surface area contributed by atoms with Crippen LogP contribution in [-0.4, -0.2) is 77.0 Å². The molecular weight excluding hydrogens is 293 g/mol. The second kappa shape index (κ2) is 6.80. The van der Waals surface area contributed by atoms with Crippen LogP contribution in [0.15, 0.2) is 42.7 Å². The maximum atomic E-state index is 10.8. The number of carbonyl (C=O) groups is 1. The third kappa shape index (κ3) is 3.41. The van der Waals surface area contributed by atoms with E-state index >= 15 is 0 Å². The topological polar surface area (TPSA) is 68.0 Å². The van der Waals surface area contributed by atoms with Gasteiger partial charge in [0.15, 0.2) is 0 Å². The van der Waals surface area contributed by atoms with E-state index in [0.717, 1.165) is 22.4 Å². The van der Waals surface area contributed by atoms with Gasteiger partial charge in [-0.1, -0.05) is 12.1 Å². The molecule has 6 heteroatoms. The monoisotopic (exact) mass is 307 g/mol. The van der Waals surface area contributed by atoms with Gasteiger partial charge in [-0.3, -0.25) is 4.98 Å². The molecule has 0 fully saturated rings. The van der Waals surface area contributed by atoms with E-state index in [4.69, 9.17) is 5.11 Å². The van der Waals surface area contributed by atoms with Gasteiger partial charge in [-0.05, 0) is 30.7 Å². The van der Waals surface area contributed by atoms with Crippen LogP contribution in [0.2, 0.25) is 0 Å². The third-order valence-corrected chi connectivity index (χ3v) is 3.28. The molecule has 2 aromatic heterocycles. The first-order valence-corrected chi connectivity index (χ1v) is 6.24. The second-order valence-electron chi connectivity index (χ2n) is 4.61. The van der Waals surface area contributed by atoms with E-state index in [1.54, 1.807) is 24.5 Å². The van der Waals surface area contributed by atoms with Crippen LogP contribution in [0, 0.1) is 6.92 Å². The Balaban J connectivity index is 0.00000161. The summed E-state index contributed by atoms with van der Waals surface area (Å²) < 4.78 is 2.07. The molecule has 0 saturated carbocycles. The molecule has 102 valence electrons. The van der Waals surface area contributed by atoms with Crippen molar-refractivity contribution in [2.24, 2.45) is 0 Å². The van der Waals surface area contributed by atoms with Gasteiger partial charge in [0.1, 0.15) is 5.82 Å². The van der Waals surface area contributed by atoms with Crippen molar-refractivity contribution in [2.75, 3.05) is 0 Å². The van der Waals surface area contributed by atoms with E-state index in [1.165, 1.54) is 0 Å². The van der Waals surface area contributed by atoms with Crippen LogP contribution in [0.5, 0.6) is 0 Å². The van der Waals surface area contributed by atoms with Gasteiger partial charge in [0.25, 0.3) is 0 Å². The van der Waals surface area contributed by atoms with Gasteiger partial charge >= 0.3 is 57.4 Å². The summed E-state index contributed by atoms with van der Waals surface area (Å²) in [6.45, 7) is 2.60. The molecule has 0 bridgehead atoms. The zero-order valence-corrected chi connectivity index (χ0v) is 10.9. The molecule has 0 aliphatic carbocycles. The number of imidazole rings is 1. The number of aromatic carboxylic acids is 1. The average molecular weight is 307 g/mol. The van der Waals surface area contributed by atoms with Crippen molar-refractivity contribution in [3.8, 4) is 0 Å². The fraction of sp³-hybridized carbons (Fsp3) is 0.133. The van der Waals surface area contributed by atoms with Crippen molar-refractivity contribution in [2.45, 2.75) is 13.5 Å². The van der Waals surface area contributed by atoms with Crippen LogP contribution in [0.3, 0.4) is 0 Å². The first-order valence-electron chi connectivity index (χ1n) is 6.24. The number of carboxylic acids is 1. The molecule has 5 nitrogen and oxygen atoms in total. The Bertz CT molecular complexity index is 781. The van der Waals surface area contributed by atoms with Gasteiger partial charge < -0.3 is 9.67 Å². The second-order valence-corrected chi connectivity index (χ2v) is 4.61. The molecular formula is C15H14KN3O2. The SMILES string of the molecule is Cc1nc2ccncc2n1Cc1ccc(C(=O)O)cc1.[KH]. The summed E-state index contributed by atoms with van der Waals surface area (Å²) >= 11 is 0. The van der Waals surface area contributed by atoms with Crippen LogP contribution < -0.4 is 0 Å². The van der Waals surface area contributed by atoms with Gasteiger partial charge in [-0.25, -0.2) is 9.78 Å². The molecule has 1 aromatic carbocycles. The Kier molecular flexibility index (Phi) is 5.29. The summed E-state index contributed by atoms with van der Waals surface area (Å²) in [5.41, 5.74) is 3.22. The van der Waals surface area contributed by atoms with Crippen molar-refractivity contribution in [3.63, 3.8) is 0 Å². The minimum absolute atomic E-state index is 0. The Labute approximate surface area is 164 Å². The van der Waals surface area contributed by atoms with Crippen LogP contribution in [0.4, 0.5) is 0 Å². The number of hydrogen-bond donors (Lipinski definition) is 1. The quantitative estimate of drug-likeness (QED) is 0.750. The molecule has 0 radical (unpaired) electrons. The third-order valence-electron chi connectivity index (χ3n) is 3.28. The molecule has 0 atom stereocenters. The number of carboxylic acid groups (broad SMARTS) is 1. The van der Waals surface area contributed by atoms with Crippen LogP contribution in [-0.2, 0) is 6.54 Å². The first-order chi connectivity index (χ1) is 9.65. The standard InChI is InChI=1S/C15H13N3O2.K.H/c1-10-17-13-6-7-16-8-14(13)18(10)9-11-2-4-12(5-3-11)15(19)20;;/h2-8H,9H2,1H3,(H,19,20);;. The molecule has 0 unspecified atom stereocenters. The van der Waals surface area contributed by atoms with Crippen molar-refractivity contribution in [1.29, 1.82) is 0 Å². The number of hydrogen-bond acceptors (Lipinski definition) is 3. The normalized spacial score (nSPS) is 10.3. The summed E-state index contributed by atoms with van der Waals surface area (Å²) in [5, 5.41) is 8.89. The number of benzene rings is 1. The number of rotatable bonds is 3. The molecule has 2 heterocycles. The van der Waals surface area contributed by atoms with E-state index in [-0.39, 0.29) is 51.4 Å². The Morgan fingerprint density at radius 3 is 2.62 bits per heavy atom. The van der Waals surface area contributed by atoms with Crippen molar-refractivity contribution in [3.05, 3.63) is 59.7 Å². The van der Waals surface area contributed by atoms with E-state index in [0.29, 0.717) is 12.1 Å². The molecule has 21 heavy (non-hydrogen) atoms. The number of pyridine rings is 1. The molecule has 3 aromatic rings. The molecule has 0 saturated heterocycles. The van der Waals surface area contributed by atoms with Gasteiger partial charge in [-0.15, -0.1) is 0 Å².